The van der Waals surface area contributed by atoms with Crippen molar-refractivity contribution in [1.82, 2.24) is 0 Å². The Morgan fingerprint density at radius 1 is 1.31 bits per heavy atom. The largest absolute Gasteiger partial charge is 0.458 e. The quantitative estimate of drug-likeness (QED) is 0.687. The van der Waals surface area contributed by atoms with E-state index in [2.05, 4.69) is 0 Å². The predicted molar refractivity (Wildman–Crippen MR) is 53.9 cm³/mol. The molecule has 0 radical (unpaired) electrons. The highest BCUT2D eigenvalue weighted by Crippen LogP contribution is 2.15. The van der Waals surface area contributed by atoms with Gasteiger partial charge < -0.3 is 4.74 Å². The molecule has 0 heterocycles. The fourth-order valence-corrected chi connectivity index (χ4v) is 1.04. The molecular weight excluding hydrogens is 188 g/mol. The Morgan fingerprint density at radius 3 is 2.31 bits per heavy atom. The van der Waals surface area contributed by atoms with Gasteiger partial charge in [0.15, 0.2) is 0 Å². The van der Waals surface area contributed by atoms with Crippen molar-refractivity contribution in [2.75, 3.05) is 0 Å². The molecule has 0 saturated heterocycles. The first-order chi connectivity index (χ1) is 5.70. The Kier molecular flexibility index (Phi) is 5.16. The van der Waals surface area contributed by atoms with Crippen LogP contribution in [0.15, 0.2) is 30.3 Å². The van der Waals surface area contributed by atoms with Gasteiger partial charge in [0.25, 0.3) is 0 Å². The van der Waals surface area contributed by atoms with Crippen LogP contribution in [-0.4, -0.2) is 5.97 Å². The second-order valence-electron chi connectivity index (χ2n) is 2.66. The maximum absolute atomic E-state index is 10.6. The van der Waals surface area contributed by atoms with Crippen molar-refractivity contribution in [3.63, 3.8) is 0 Å². The van der Waals surface area contributed by atoms with Crippen LogP contribution >= 0.6 is 12.4 Å². The molecule has 0 bridgehead atoms. The normalized spacial score (nSPS) is 11.2. The number of halogens is 1. The summed E-state index contributed by atoms with van der Waals surface area (Å²) in [4.78, 5) is 10.6. The van der Waals surface area contributed by atoms with Crippen molar-refractivity contribution in [2.45, 2.75) is 20.0 Å². The summed E-state index contributed by atoms with van der Waals surface area (Å²) in [7, 11) is 0. The molecule has 13 heavy (non-hydrogen) atoms. The lowest BCUT2D eigenvalue weighted by Crippen LogP contribution is -2.04. The fourth-order valence-electron chi connectivity index (χ4n) is 1.04. The highest BCUT2D eigenvalue weighted by atomic mass is 35.5. The number of hydrogen-bond donors (Lipinski definition) is 0. The molecule has 0 amide bonds. The SMILES string of the molecule is CC(=O)OC(C)c1ccccc1.Cl. The number of carbonyl (C=O) groups excluding carboxylic acids is 1. The van der Waals surface area contributed by atoms with Crippen LogP contribution in [0.3, 0.4) is 0 Å². The molecule has 1 unspecified atom stereocenters. The lowest BCUT2D eigenvalue weighted by Gasteiger charge is -2.11. The maximum atomic E-state index is 10.6. The zero-order valence-electron chi connectivity index (χ0n) is 7.69. The summed E-state index contributed by atoms with van der Waals surface area (Å²) < 4.78 is 5.00. The van der Waals surface area contributed by atoms with E-state index in [1.165, 1.54) is 6.92 Å². The van der Waals surface area contributed by atoms with Crippen molar-refractivity contribution in [3.8, 4) is 0 Å². The van der Waals surface area contributed by atoms with Crippen molar-refractivity contribution in [3.05, 3.63) is 35.9 Å². The van der Waals surface area contributed by atoms with Gasteiger partial charge in [0.2, 0.25) is 0 Å². The number of rotatable bonds is 2. The Labute approximate surface area is 84.3 Å². The third-order valence-corrected chi connectivity index (χ3v) is 1.61. The van der Waals surface area contributed by atoms with Gasteiger partial charge in [-0.15, -0.1) is 12.4 Å². The zero-order valence-corrected chi connectivity index (χ0v) is 8.51. The van der Waals surface area contributed by atoms with Gasteiger partial charge in [-0.2, -0.15) is 0 Å². The molecule has 0 aliphatic rings. The Hall–Kier alpha value is -1.02. The first-order valence-electron chi connectivity index (χ1n) is 3.92. The summed E-state index contributed by atoms with van der Waals surface area (Å²) in [5.41, 5.74) is 1.02. The molecule has 0 aromatic heterocycles. The lowest BCUT2D eigenvalue weighted by molar-refractivity contribution is -0.145. The standard InChI is InChI=1S/C10H12O2.ClH/c1-8(12-9(2)11)10-6-4-3-5-7-10;/h3-8H,1-2H3;1H. The monoisotopic (exact) mass is 200 g/mol. The van der Waals surface area contributed by atoms with E-state index in [-0.39, 0.29) is 24.5 Å². The molecule has 0 saturated carbocycles. The minimum absolute atomic E-state index is 0. The van der Waals surface area contributed by atoms with Gasteiger partial charge in [0.1, 0.15) is 6.10 Å². The molecule has 0 spiro atoms. The highest BCUT2D eigenvalue weighted by molar-refractivity contribution is 5.85. The minimum Gasteiger partial charge on any atom is -0.458 e. The van der Waals surface area contributed by atoms with Gasteiger partial charge in [-0.3, -0.25) is 4.79 Å². The van der Waals surface area contributed by atoms with Gasteiger partial charge in [0.05, 0.1) is 0 Å². The lowest BCUT2D eigenvalue weighted by atomic mass is 10.1. The molecule has 2 nitrogen and oxygen atoms in total. The number of hydrogen-bond acceptors (Lipinski definition) is 2. The summed E-state index contributed by atoms with van der Waals surface area (Å²) in [6, 6.07) is 9.66. The maximum Gasteiger partial charge on any atom is 0.303 e. The number of benzene rings is 1. The molecule has 0 fully saturated rings. The average molecular weight is 201 g/mol. The highest BCUT2D eigenvalue weighted by Gasteiger charge is 2.06. The third kappa shape index (κ3) is 3.95. The van der Waals surface area contributed by atoms with Crippen LogP contribution < -0.4 is 0 Å². The first kappa shape index (κ1) is 12.0. The van der Waals surface area contributed by atoms with E-state index in [1.54, 1.807) is 0 Å². The predicted octanol–water partition coefficient (Wildman–Crippen LogP) is 2.73. The first-order valence-corrected chi connectivity index (χ1v) is 3.92. The van der Waals surface area contributed by atoms with E-state index in [0.717, 1.165) is 5.56 Å². The van der Waals surface area contributed by atoms with Crippen molar-refractivity contribution >= 4 is 18.4 Å². The average Bonchev–Trinajstić information content (AvgIpc) is 2.05. The molecule has 1 aromatic carbocycles. The molecule has 0 aliphatic carbocycles. The summed E-state index contributed by atoms with van der Waals surface area (Å²) in [5.74, 6) is -0.244. The second kappa shape index (κ2) is 5.60. The number of carbonyl (C=O) groups is 1. The van der Waals surface area contributed by atoms with Crippen molar-refractivity contribution in [2.24, 2.45) is 0 Å². The second-order valence-corrected chi connectivity index (χ2v) is 2.66. The molecule has 3 heteroatoms. The molecule has 0 N–H and O–H groups in total. The van der Waals surface area contributed by atoms with E-state index in [9.17, 15) is 4.79 Å². The smallest absolute Gasteiger partial charge is 0.303 e. The van der Waals surface area contributed by atoms with E-state index < -0.39 is 0 Å². The van der Waals surface area contributed by atoms with Gasteiger partial charge >= 0.3 is 5.97 Å². The topological polar surface area (TPSA) is 26.3 Å². The summed E-state index contributed by atoms with van der Waals surface area (Å²) in [5, 5.41) is 0. The molecule has 0 aliphatic heterocycles. The Morgan fingerprint density at radius 2 is 1.85 bits per heavy atom. The van der Waals surface area contributed by atoms with Crippen LogP contribution in [0, 0.1) is 0 Å². The molecule has 1 atom stereocenters. The van der Waals surface area contributed by atoms with Gasteiger partial charge in [-0.1, -0.05) is 30.3 Å². The van der Waals surface area contributed by atoms with Crippen LogP contribution in [0.4, 0.5) is 0 Å². The summed E-state index contributed by atoms with van der Waals surface area (Å²) in [6.45, 7) is 3.27. The van der Waals surface area contributed by atoms with E-state index in [4.69, 9.17) is 4.74 Å². The van der Waals surface area contributed by atoms with Crippen LogP contribution in [0.5, 0.6) is 0 Å². The Balaban J connectivity index is 0.00000144. The zero-order chi connectivity index (χ0) is 8.97. The third-order valence-electron chi connectivity index (χ3n) is 1.61. The Bertz CT molecular complexity index is 259. The van der Waals surface area contributed by atoms with Crippen LogP contribution in [-0.2, 0) is 9.53 Å². The van der Waals surface area contributed by atoms with Crippen molar-refractivity contribution in [1.29, 1.82) is 0 Å². The molecular formula is C10H13ClO2. The molecule has 1 rings (SSSR count). The van der Waals surface area contributed by atoms with E-state index in [1.807, 2.05) is 37.3 Å². The van der Waals surface area contributed by atoms with E-state index >= 15 is 0 Å². The van der Waals surface area contributed by atoms with Gasteiger partial charge in [-0.25, -0.2) is 0 Å². The number of ether oxygens (including phenoxy) is 1. The van der Waals surface area contributed by atoms with Crippen molar-refractivity contribution < 1.29 is 9.53 Å². The number of esters is 1. The summed E-state index contributed by atoms with van der Waals surface area (Å²) in [6.07, 6.45) is -0.149. The molecule has 72 valence electrons. The minimum atomic E-state index is -0.244. The van der Waals surface area contributed by atoms with Crippen LogP contribution in [0.2, 0.25) is 0 Å². The summed E-state index contributed by atoms with van der Waals surface area (Å²) >= 11 is 0. The van der Waals surface area contributed by atoms with Gasteiger partial charge in [-0.05, 0) is 12.5 Å². The van der Waals surface area contributed by atoms with Crippen LogP contribution in [0.25, 0.3) is 0 Å². The fraction of sp³-hybridized carbons (Fsp3) is 0.300. The molecule has 1 aromatic rings. The van der Waals surface area contributed by atoms with E-state index in [0.29, 0.717) is 0 Å². The van der Waals surface area contributed by atoms with Crippen LogP contribution in [0.1, 0.15) is 25.5 Å². The van der Waals surface area contributed by atoms with Gasteiger partial charge in [0, 0.05) is 6.92 Å².